The van der Waals surface area contributed by atoms with Gasteiger partial charge in [0, 0.05) is 12.1 Å². The van der Waals surface area contributed by atoms with Crippen LogP contribution in [0.15, 0.2) is 42.0 Å². The highest BCUT2D eigenvalue weighted by molar-refractivity contribution is 7.16. The second-order valence-corrected chi connectivity index (χ2v) is 5.98. The third-order valence-corrected chi connectivity index (χ3v) is 4.43. The van der Waals surface area contributed by atoms with E-state index in [1.54, 1.807) is 0 Å². The van der Waals surface area contributed by atoms with Gasteiger partial charge in [0.05, 0.1) is 23.0 Å². The van der Waals surface area contributed by atoms with E-state index in [9.17, 15) is 20.3 Å². The molecule has 0 amide bonds. The van der Waals surface area contributed by atoms with Crippen LogP contribution in [0.2, 0.25) is 0 Å². The third-order valence-electron chi connectivity index (χ3n) is 3.61. The molecule has 0 unspecified atom stereocenters. The molecule has 0 radical (unpaired) electrons. The molecular formula is C15H14N4O4S. The highest BCUT2D eigenvalue weighted by Crippen LogP contribution is 2.27. The Balaban J connectivity index is 1.82. The van der Waals surface area contributed by atoms with E-state index in [4.69, 9.17) is 0 Å². The summed E-state index contributed by atoms with van der Waals surface area (Å²) in [4.78, 5) is 19.3. The number of nitrogens with zero attached hydrogens (tertiary/aromatic N) is 3. The number of anilines is 1. The topological polar surface area (TPSA) is 121 Å². The van der Waals surface area contributed by atoms with Crippen LogP contribution in [0.5, 0.6) is 0 Å². The van der Waals surface area contributed by atoms with Crippen molar-refractivity contribution in [1.29, 1.82) is 0 Å². The van der Waals surface area contributed by atoms with Crippen LogP contribution < -0.4 is 5.32 Å². The van der Waals surface area contributed by atoms with Gasteiger partial charge in [-0.3, -0.25) is 10.1 Å². The molecule has 0 saturated carbocycles. The van der Waals surface area contributed by atoms with Crippen molar-refractivity contribution in [3.8, 4) is 0 Å². The van der Waals surface area contributed by atoms with E-state index >= 15 is 0 Å². The van der Waals surface area contributed by atoms with Crippen molar-refractivity contribution in [3.63, 3.8) is 0 Å². The average Bonchev–Trinajstić information content (AvgIpc) is 3.08. The van der Waals surface area contributed by atoms with Crippen LogP contribution in [0.3, 0.4) is 0 Å². The molecular weight excluding hydrogens is 332 g/mol. The molecule has 2 heterocycles. The molecule has 9 heteroatoms. The molecule has 0 aliphatic rings. The lowest BCUT2D eigenvalue weighted by Gasteiger charge is -2.23. The van der Waals surface area contributed by atoms with E-state index in [1.807, 2.05) is 11.4 Å². The number of aliphatic hydroxyl groups is 2. The van der Waals surface area contributed by atoms with Gasteiger partial charge in [0.15, 0.2) is 0 Å². The zero-order chi connectivity index (χ0) is 17.1. The average molecular weight is 346 g/mol. The van der Waals surface area contributed by atoms with Crippen LogP contribution in [0.25, 0.3) is 10.2 Å². The summed E-state index contributed by atoms with van der Waals surface area (Å²) in [5.41, 5.74) is 0.401. The quantitative estimate of drug-likeness (QED) is 0.461. The molecule has 0 spiro atoms. The Kier molecular flexibility index (Phi) is 4.65. The second-order valence-electron chi connectivity index (χ2n) is 5.09. The maximum Gasteiger partial charge on any atom is 0.269 e. The first-order chi connectivity index (χ1) is 11.6. The Morgan fingerprint density at radius 1 is 1.25 bits per heavy atom. The van der Waals surface area contributed by atoms with Gasteiger partial charge < -0.3 is 15.5 Å². The Labute approximate surface area is 140 Å². The molecule has 1 aromatic carbocycles. The van der Waals surface area contributed by atoms with Crippen molar-refractivity contribution in [3.05, 3.63) is 57.7 Å². The normalized spacial score (nSPS) is 13.6. The van der Waals surface area contributed by atoms with E-state index in [0.717, 1.165) is 10.2 Å². The summed E-state index contributed by atoms with van der Waals surface area (Å²) < 4.78 is 0. The lowest BCUT2D eigenvalue weighted by molar-refractivity contribution is -0.384. The molecule has 0 aliphatic heterocycles. The largest absolute Gasteiger partial charge is 0.394 e. The number of rotatable bonds is 6. The molecule has 124 valence electrons. The van der Waals surface area contributed by atoms with Crippen molar-refractivity contribution >= 4 is 33.1 Å². The molecule has 3 rings (SSSR count). The van der Waals surface area contributed by atoms with Gasteiger partial charge in [0.2, 0.25) is 0 Å². The highest BCUT2D eigenvalue weighted by Gasteiger charge is 2.22. The maximum absolute atomic E-state index is 10.7. The summed E-state index contributed by atoms with van der Waals surface area (Å²) >= 11 is 1.47. The van der Waals surface area contributed by atoms with Crippen LogP contribution in [0, 0.1) is 10.1 Å². The molecule has 2 aromatic heterocycles. The number of aromatic nitrogens is 2. The first-order valence-electron chi connectivity index (χ1n) is 7.08. The minimum Gasteiger partial charge on any atom is -0.394 e. The summed E-state index contributed by atoms with van der Waals surface area (Å²) in [6.45, 7) is -0.339. The number of aliphatic hydroxyl groups excluding tert-OH is 2. The van der Waals surface area contributed by atoms with Crippen molar-refractivity contribution in [1.82, 2.24) is 9.97 Å². The smallest absolute Gasteiger partial charge is 0.269 e. The summed E-state index contributed by atoms with van der Waals surface area (Å²) in [6, 6.07) is 6.70. The van der Waals surface area contributed by atoms with Crippen LogP contribution >= 0.6 is 11.3 Å². The molecule has 8 nitrogen and oxygen atoms in total. The molecule has 0 bridgehead atoms. The van der Waals surface area contributed by atoms with Gasteiger partial charge in [-0.1, -0.05) is 0 Å². The Morgan fingerprint density at radius 3 is 2.67 bits per heavy atom. The molecule has 3 N–H and O–H groups in total. The minimum atomic E-state index is -1.06. The van der Waals surface area contributed by atoms with Gasteiger partial charge in [0.25, 0.3) is 5.69 Å². The van der Waals surface area contributed by atoms with Gasteiger partial charge in [-0.25, -0.2) is 9.97 Å². The summed E-state index contributed by atoms with van der Waals surface area (Å²) in [6.07, 6.45) is 0.355. The fourth-order valence-electron chi connectivity index (χ4n) is 2.33. The van der Waals surface area contributed by atoms with Crippen LogP contribution in [-0.2, 0) is 0 Å². The van der Waals surface area contributed by atoms with Gasteiger partial charge >= 0.3 is 0 Å². The minimum absolute atomic E-state index is 0.0600. The number of thiophene rings is 1. The van der Waals surface area contributed by atoms with E-state index < -0.39 is 17.1 Å². The fourth-order valence-corrected chi connectivity index (χ4v) is 3.06. The zero-order valence-electron chi connectivity index (χ0n) is 12.4. The van der Waals surface area contributed by atoms with Crippen LogP contribution in [0.4, 0.5) is 11.5 Å². The van der Waals surface area contributed by atoms with E-state index in [-0.39, 0.29) is 12.3 Å². The number of non-ortho nitro benzene ring substituents is 1. The lowest BCUT2D eigenvalue weighted by Crippen LogP contribution is -2.31. The first-order valence-corrected chi connectivity index (χ1v) is 7.96. The number of benzene rings is 1. The van der Waals surface area contributed by atoms with Gasteiger partial charge in [-0.05, 0) is 29.1 Å². The molecule has 24 heavy (non-hydrogen) atoms. The van der Waals surface area contributed by atoms with Gasteiger partial charge in [0.1, 0.15) is 23.1 Å². The zero-order valence-corrected chi connectivity index (χ0v) is 13.2. The van der Waals surface area contributed by atoms with Gasteiger partial charge in [-0.2, -0.15) is 0 Å². The van der Waals surface area contributed by atoms with Gasteiger partial charge in [-0.15, -0.1) is 11.3 Å². The first kappa shape index (κ1) is 16.2. The second kappa shape index (κ2) is 6.87. The number of fused-ring (bicyclic) bond motifs is 1. The van der Waals surface area contributed by atoms with E-state index in [0.29, 0.717) is 11.4 Å². The molecule has 0 fully saturated rings. The predicted octanol–water partition coefficient (Wildman–Crippen LogP) is 2.11. The van der Waals surface area contributed by atoms with Crippen molar-refractivity contribution in [2.45, 2.75) is 12.1 Å². The summed E-state index contributed by atoms with van der Waals surface area (Å²) in [7, 11) is 0. The number of hydrogen-bond donors (Lipinski definition) is 3. The number of nitro groups is 1. The summed E-state index contributed by atoms with van der Waals surface area (Å²) in [5, 5.41) is 36.5. The Hall–Kier alpha value is -2.62. The predicted molar refractivity (Wildman–Crippen MR) is 90.0 cm³/mol. The van der Waals surface area contributed by atoms with Crippen molar-refractivity contribution in [2.75, 3.05) is 11.9 Å². The molecule has 0 saturated heterocycles. The van der Waals surface area contributed by atoms with E-state index in [1.165, 1.54) is 41.9 Å². The SMILES string of the molecule is O=[N+]([O-])c1ccc([C@H](O)[C@H](CO)Nc2ncnc3sccc23)cc1. The van der Waals surface area contributed by atoms with Crippen molar-refractivity contribution < 1.29 is 15.1 Å². The standard InChI is InChI=1S/C15H14N4O4S/c20-7-12(13(21)9-1-3-10(4-2-9)19(22)23)18-14-11-5-6-24-15(11)17-8-16-14/h1-6,8,12-13,20-21H,7H2,(H,16,17,18)/t12-,13-/m0/s1. The Morgan fingerprint density at radius 2 is 2.00 bits per heavy atom. The molecule has 0 aliphatic carbocycles. The maximum atomic E-state index is 10.7. The van der Waals surface area contributed by atoms with Crippen molar-refractivity contribution in [2.24, 2.45) is 0 Å². The van der Waals surface area contributed by atoms with Crippen LogP contribution in [-0.4, -0.2) is 37.8 Å². The number of hydrogen-bond acceptors (Lipinski definition) is 8. The summed E-state index contributed by atoms with van der Waals surface area (Å²) in [5.74, 6) is 0.515. The van der Waals surface area contributed by atoms with E-state index in [2.05, 4.69) is 15.3 Å². The number of nitro benzene ring substituents is 1. The Bertz CT molecular complexity index is 852. The molecule has 3 aromatic rings. The lowest BCUT2D eigenvalue weighted by atomic mass is 10.0. The number of nitrogens with one attached hydrogen (secondary N) is 1. The van der Waals surface area contributed by atoms with Crippen LogP contribution in [0.1, 0.15) is 11.7 Å². The highest BCUT2D eigenvalue weighted by atomic mass is 32.1. The molecule has 2 atom stereocenters. The third kappa shape index (κ3) is 3.18. The monoisotopic (exact) mass is 346 g/mol. The fraction of sp³-hybridized carbons (Fsp3) is 0.200.